The number of hydrogen-bond donors (Lipinski definition) is 4. The Kier molecular flexibility index (Phi) is 20.5. The Labute approximate surface area is 262 Å². The van der Waals surface area contributed by atoms with Gasteiger partial charge in [0.2, 0.25) is 5.91 Å². The minimum absolute atomic E-state index is 0.0284. The zero-order valence-electron chi connectivity index (χ0n) is 26.2. The molecule has 0 aliphatic carbocycles. The molecule has 0 aromatic heterocycles. The lowest BCUT2D eigenvalue weighted by Crippen LogP contribution is -2.45. The molecule has 0 bridgehead atoms. The van der Waals surface area contributed by atoms with E-state index < -0.39 is 22.6 Å². The van der Waals surface area contributed by atoms with Crippen LogP contribution in [0, 0.1) is 0 Å². The van der Waals surface area contributed by atoms with Crippen LogP contribution >= 0.6 is 11.8 Å². The number of carboxylic acids is 1. The number of carbonyl (C=O) groups excluding carboxylic acids is 2. The van der Waals surface area contributed by atoms with Gasteiger partial charge in [-0.25, -0.2) is 9.59 Å². The van der Waals surface area contributed by atoms with Crippen molar-refractivity contribution in [1.82, 2.24) is 5.32 Å². The van der Waals surface area contributed by atoms with Crippen molar-refractivity contribution in [2.75, 3.05) is 24.2 Å². The number of thioether (sulfide) groups is 1. The molecule has 1 rings (SSSR count). The molecular weight excluding hydrogens is 564 g/mol. The molecule has 8 nitrogen and oxygen atoms in total. The fourth-order valence-electron chi connectivity index (χ4n) is 4.41. The van der Waals surface area contributed by atoms with Crippen molar-refractivity contribution in [3.8, 4) is 5.75 Å². The Morgan fingerprint density at radius 3 is 2.16 bits per heavy atom. The number of hydrogen-bond acceptors (Lipinski definition) is 6. The van der Waals surface area contributed by atoms with Gasteiger partial charge in [-0.3, -0.25) is 10.1 Å². The summed E-state index contributed by atoms with van der Waals surface area (Å²) < 4.78 is 4.61. The smallest absolute Gasteiger partial charge is 0.411 e. The van der Waals surface area contributed by atoms with Gasteiger partial charge in [0.1, 0.15) is 17.9 Å². The van der Waals surface area contributed by atoms with E-state index in [-0.39, 0.29) is 30.3 Å². The number of rotatable bonds is 23. The molecule has 240 valence electrons. The number of anilines is 1. The minimum atomic E-state index is -1.31. The number of benzene rings is 1. The van der Waals surface area contributed by atoms with E-state index in [0.717, 1.165) is 43.9 Å². The first-order chi connectivity index (χ1) is 20.8. The molecule has 0 saturated heterocycles. The van der Waals surface area contributed by atoms with E-state index in [0.29, 0.717) is 12.8 Å². The summed E-state index contributed by atoms with van der Waals surface area (Å²) in [5, 5.41) is 24.0. The van der Waals surface area contributed by atoms with E-state index in [2.05, 4.69) is 54.0 Å². The van der Waals surface area contributed by atoms with E-state index >= 15 is 0 Å². The number of aromatic hydroxyl groups is 1. The highest BCUT2D eigenvalue weighted by Gasteiger charge is 2.34. The maximum Gasteiger partial charge on any atom is 0.411 e. The van der Waals surface area contributed by atoms with E-state index in [9.17, 15) is 19.5 Å². The Morgan fingerprint density at radius 2 is 1.51 bits per heavy atom. The van der Waals surface area contributed by atoms with Crippen LogP contribution in [0.15, 0.2) is 54.7 Å². The third-order valence-corrected chi connectivity index (χ3v) is 8.88. The quantitative estimate of drug-likeness (QED) is 0.0551. The molecule has 0 heterocycles. The van der Waals surface area contributed by atoms with Gasteiger partial charge in [0.15, 0.2) is 0 Å². The molecule has 2 amide bonds. The fourth-order valence-corrected chi connectivity index (χ4v) is 5.77. The molecule has 1 aromatic rings. The topological polar surface area (TPSA) is 125 Å². The molecule has 0 aliphatic rings. The molecule has 9 heteroatoms. The van der Waals surface area contributed by atoms with Crippen LogP contribution < -0.4 is 10.6 Å². The van der Waals surface area contributed by atoms with Crippen molar-refractivity contribution in [1.29, 1.82) is 0 Å². The molecule has 1 aromatic carbocycles. The number of allylic oxidation sites excluding steroid dienone is 6. The normalized spacial score (nSPS) is 11.9. The zero-order chi connectivity index (χ0) is 31.8. The Morgan fingerprint density at radius 1 is 0.884 bits per heavy atom. The van der Waals surface area contributed by atoms with Crippen molar-refractivity contribution in [2.24, 2.45) is 0 Å². The number of phenols is 1. The summed E-state index contributed by atoms with van der Waals surface area (Å²) in [6.45, 7) is 6.35. The Balaban J connectivity index is 2.21. The summed E-state index contributed by atoms with van der Waals surface area (Å²) in [6.07, 6.45) is 25.5. The molecule has 4 N–H and O–H groups in total. The zero-order valence-corrected chi connectivity index (χ0v) is 27.1. The van der Waals surface area contributed by atoms with Gasteiger partial charge >= 0.3 is 12.1 Å². The lowest BCUT2D eigenvalue weighted by molar-refractivity contribution is -0.123. The lowest BCUT2D eigenvalue weighted by atomic mass is 10.0. The lowest BCUT2D eigenvalue weighted by Gasteiger charge is -2.29. The first-order valence-electron chi connectivity index (χ1n) is 15.7. The van der Waals surface area contributed by atoms with E-state index in [1.807, 2.05) is 13.8 Å². The first kappa shape index (κ1) is 37.8. The third kappa shape index (κ3) is 16.3. The summed E-state index contributed by atoms with van der Waals surface area (Å²) in [7, 11) is 0. The van der Waals surface area contributed by atoms with E-state index in [1.54, 1.807) is 11.8 Å². The predicted molar refractivity (Wildman–Crippen MR) is 178 cm³/mol. The first-order valence-corrected chi connectivity index (χ1v) is 16.7. The highest BCUT2D eigenvalue weighted by molar-refractivity contribution is 8.01. The maximum atomic E-state index is 13.0. The monoisotopic (exact) mass is 616 g/mol. The van der Waals surface area contributed by atoms with Crippen molar-refractivity contribution < 1.29 is 29.3 Å². The van der Waals surface area contributed by atoms with Gasteiger partial charge in [-0.2, -0.15) is 0 Å². The second-order valence-corrected chi connectivity index (χ2v) is 11.8. The Hall–Kier alpha value is -3.20. The highest BCUT2D eigenvalue weighted by Crippen LogP contribution is 2.34. The number of unbranched alkanes of at least 4 members (excludes halogenated alkanes) is 6. The van der Waals surface area contributed by atoms with Crippen LogP contribution in [0.25, 0.3) is 0 Å². The summed E-state index contributed by atoms with van der Waals surface area (Å²) in [4.78, 5) is 36.2. The van der Waals surface area contributed by atoms with Crippen molar-refractivity contribution >= 4 is 35.4 Å². The van der Waals surface area contributed by atoms with Crippen LogP contribution in [0.4, 0.5) is 10.5 Å². The van der Waals surface area contributed by atoms with Crippen molar-refractivity contribution in [2.45, 2.75) is 103 Å². The number of carboxylic acid groups (broad SMARTS) is 1. The molecule has 0 saturated carbocycles. The largest absolute Gasteiger partial charge is 0.507 e. The number of nitrogens with one attached hydrogen (secondary N) is 2. The van der Waals surface area contributed by atoms with Crippen LogP contribution in [0.2, 0.25) is 0 Å². The molecule has 0 fully saturated rings. The van der Waals surface area contributed by atoms with Gasteiger partial charge < -0.3 is 20.3 Å². The van der Waals surface area contributed by atoms with Crippen LogP contribution in [0.1, 0.15) is 108 Å². The van der Waals surface area contributed by atoms with Crippen molar-refractivity contribution in [3.63, 3.8) is 0 Å². The van der Waals surface area contributed by atoms with Gasteiger partial charge in [0.05, 0.1) is 11.3 Å². The van der Waals surface area contributed by atoms with Gasteiger partial charge in [-0.05, 0) is 75.3 Å². The van der Waals surface area contributed by atoms with Gasteiger partial charge in [0.25, 0.3) is 0 Å². The third-order valence-electron chi connectivity index (χ3n) is 7.07. The molecule has 0 aliphatic heterocycles. The molecule has 0 unspecified atom stereocenters. The van der Waals surface area contributed by atoms with Crippen LogP contribution in [0.5, 0.6) is 5.75 Å². The summed E-state index contributed by atoms with van der Waals surface area (Å²) in [5.41, 5.74) is -0.147. The SMILES string of the molecule is CC/C=C\C/C=C\C/C=C\CCCCCCCCSC(CC)(CC)C(=O)NCCOC(=O)Nc1ccc(O)c(C(=O)O)c1. The predicted octanol–water partition coefficient (Wildman–Crippen LogP) is 8.64. The summed E-state index contributed by atoms with van der Waals surface area (Å²) in [5.74, 6) is -0.821. The van der Waals surface area contributed by atoms with Gasteiger partial charge in [-0.1, -0.05) is 82.9 Å². The standard InChI is InChI=1S/C34H52N2O6S/c1-4-7-8-9-10-11-12-13-14-15-16-17-18-19-20-21-26-43-34(5-2,6-3)32(40)35-24-25-42-33(41)36-28-22-23-30(37)29(27-28)31(38)39/h7-8,10-11,13-14,22-23,27,37H,4-6,9,12,15-21,24-26H2,1-3H3,(H,35,40)(H,36,41)(H,38,39)/b8-7-,11-10-,14-13-. The molecule has 0 radical (unpaired) electrons. The van der Waals surface area contributed by atoms with Crippen LogP contribution in [0.3, 0.4) is 0 Å². The molecule has 0 atom stereocenters. The molecular formula is C34H52N2O6S. The Bertz CT molecular complexity index is 1050. The summed E-state index contributed by atoms with van der Waals surface area (Å²) in [6, 6.07) is 3.69. The fraction of sp³-hybridized carbons (Fsp3) is 0.559. The second-order valence-electron chi connectivity index (χ2n) is 10.3. The minimum Gasteiger partial charge on any atom is -0.507 e. The molecule has 0 spiro atoms. The van der Waals surface area contributed by atoms with Gasteiger partial charge in [0, 0.05) is 5.69 Å². The number of carbonyl (C=O) groups is 3. The van der Waals surface area contributed by atoms with Crippen LogP contribution in [-0.2, 0) is 9.53 Å². The highest BCUT2D eigenvalue weighted by atomic mass is 32.2. The van der Waals surface area contributed by atoms with Crippen molar-refractivity contribution in [3.05, 3.63) is 60.2 Å². The second kappa shape index (κ2) is 23.3. The average Bonchev–Trinajstić information content (AvgIpc) is 2.99. The number of ether oxygens (including phenoxy) is 1. The number of amides is 2. The molecule has 43 heavy (non-hydrogen) atoms. The van der Waals surface area contributed by atoms with Gasteiger partial charge in [-0.15, -0.1) is 11.8 Å². The maximum absolute atomic E-state index is 13.0. The average molecular weight is 617 g/mol. The van der Waals surface area contributed by atoms with E-state index in [1.165, 1.54) is 44.2 Å². The number of aromatic carboxylic acids is 1. The summed E-state index contributed by atoms with van der Waals surface area (Å²) >= 11 is 1.72. The van der Waals surface area contributed by atoms with E-state index in [4.69, 9.17) is 9.84 Å². The van der Waals surface area contributed by atoms with Crippen LogP contribution in [-0.4, -0.2) is 51.8 Å².